The van der Waals surface area contributed by atoms with E-state index in [4.69, 9.17) is 4.74 Å². The summed E-state index contributed by atoms with van der Waals surface area (Å²) in [4.78, 5) is 14.1. The molecule has 6 nitrogen and oxygen atoms in total. The second kappa shape index (κ2) is 7.43. The van der Waals surface area contributed by atoms with Gasteiger partial charge in [0.25, 0.3) is 0 Å². The van der Waals surface area contributed by atoms with E-state index in [1.54, 1.807) is 31.4 Å². The Balaban J connectivity index is 1.67. The molecule has 0 spiro atoms. The second-order valence-electron chi connectivity index (χ2n) is 6.04. The first-order valence-electron chi connectivity index (χ1n) is 8.08. The number of carbonyl (C=O) groups excluding carboxylic acids is 1. The zero-order valence-electron chi connectivity index (χ0n) is 14.2. The molecule has 138 valence electrons. The summed E-state index contributed by atoms with van der Waals surface area (Å²) in [6.45, 7) is 0.415. The van der Waals surface area contributed by atoms with E-state index in [0.717, 1.165) is 0 Å². The fourth-order valence-electron chi connectivity index (χ4n) is 2.91. The Morgan fingerprint density at radius 1 is 1.23 bits per heavy atom. The topological polar surface area (TPSA) is 75.7 Å². The number of hydrogen-bond donors (Lipinski definition) is 1. The zero-order chi connectivity index (χ0) is 18.7. The number of rotatable bonds is 6. The van der Waals surface area contributed by atoms with Gasteiger partial charge < -0.3 is 9.64 Å². The van der Waals surface area contributed by atoms with Gasteiger partial charge in [0.05, 0.1) is 12.9 Å². The number of halogens is 1. The zero-order valence-corrected chi connectivity index (χ0v) is 15.0. The molecule has 26 heavy (non-hydrogen) atoms. The number of anilines is 1. The maximum atomic E-state index is 13.2. The normalized spacial score (nSPS) is 17.5. The van der Waals surface area contributed by atoms with Crippen molar-refractivity contribution in [3.05, 3.63) is 59.9 Å². The highest BCUT2D eigenvalue weighted by Gasteiger charge is 2.35. The van der Waals surface area contributed by atoms with Crippen molar-refractivity contribution in [3.8, 4) is 5.75 Å². The molecule has 1 heterocycles. The fourth-order valence-corrected chi connectivity index (χ4v) is 4.27. The molecule has 2 aromatic carbocycles. The summed E-state index contributed by atoms with van der Waals surface area (Å²) in [7, 11) is -2.21. The molecule has 0 radical (unpaired) electrons. The van der Waals surface area contributed by atoms with Crippen molar-refractivity contribution in [1.29, 1.82) is 0 Å². The van der Waals surface area contributed by atoms with Crippen LogP contribution in [0, 0.1) is 5.82 Å². The molecule has 0 saturated carbocycles. The van der Waals surface area contributed by atoms with Crippen molar-refractivity contribution < 1.29 is 22.3 Å². The predicted octanol–water partition coefficient (Wildman–Crippen LogP) is 2.06. The van der Waals surface area contributed by atoms with Gasteiger partial charge in [0.15, 0.2) is 0 Å². The summed E-state index contributed by atoms with van der Waals surface area (Å²) in [5.41, 5.74) is 1.01. The molecule has 0 aliphatic carbocycles. The lowest BCUT2D eigenvalue weighted by atomic mass is 10.2. The van der Waals surface area contributed by atoms with Crippen LogP contribution in [0.1, 0.15) is 12.0 Å². The van der Waals surface area contributed by atoms with Crippen LogP contribution in [0.15, 0.2) is 48.5 Å². The minimum atomic E-state index is -3.77. The standard InChI is InChI=1S/C18H19FN2O4S/c1-25-16-7-5-15(6-8-16)21-10-9-17(18(21)22)20-26(23,24)12-13-3-2-4-14(19)11-13/h2-8,11,17,20H,9-10,12H2,1H3. The van der Waals surface area contributed by atoms with E-state index in [9.17, 15) is 17.6 Å². The van der Waals surface area contributed by atoms with E-state index >= 15 is 0 Å². The quantitative estimate of drug-likeness (QED) is 0.835. The molecule has 8 heteroatoms. The highest BCUT2D eigenvalue weighted by atomic mass is 32.2. The van der Waals surface area contributed by atoms with Crippen molar-refractivity contribution >= 4 is 21.6 Å². The summed E-state index contributed by atoms with van der Waals surface area (Å²) in [6, 6.07) is 11.6. The van der Waals surface area contributed by atoms with Crippen molar-refractivity contribution in [2.45, 2.75) is 18.2 Å². The Kier molecular flexibility index (Phi) is 5.24. The number of methoxy groups -OCH3 is 1. The van der Waals surface area contributed by atoms with E-state index < -0.39 is 21.9 Å². The Labute approximate surface area is 151 Å². The van der Waals surface area contributed by atoms with Gasteiger partial charge in [-0.25, -0.2) is 17.5 Å². The summed E-state index contributed by atoms with van der Waals surface area (Å²) in [5.74, 6) is -0.511. The summed E-state index contributed by atoms with van der Waals surface area (Å²) < 4.78 is 45.4. The average Bonchev–Trinajstić information content (AvgIpc) is 2.94. The summed E-state index contributed by atoms with van der Waals surface area (Å²) in [5, 5.41) is 0. The van der Waals surface area contributed by atoms with Crippen molar-refractivity contribution in [2.24, 2.45) is 0 Å². The Morgan fingerprint density at radius 2 is 1.96 bits per heavy atom. The highest BCUT2D eigenvalue weighted by Crippen LogP contribution is 2.24. The van der Waals surface area contributed by atoms with Crippen molar-refractivity contribution in [1.82, 2.24) is 4.72 Å². The van der Waals surface area contributed by atoms with Gasteiger partial charge >= 0.3 is 0 Å². The molecule has 1 N–H and O–H groups in total. The molecule has 0 bridgehead atoms. The first kappa shape index (κ1) is 18.3. The number of nitrogens with one attached hydrogen (secondary N) is 1. The molecule has 1 saturated heterocycles. The van der Waals surface area contributed by atoms with Gasteiger partial charge in [-0.2, -0.15) is 0 Å². The van der Waals surface area contributed by atoms with Crippen molar-refractivity contribution in [3.63, 3.8) is 0 Å². The van der Waals surface area contributed by atoms with Crippen LogP contribution < -0.4 is 14.4 Å². The lowest BCUT2D eigenvalue weighted by Gasteiger charge is -2.17. The third-order valence-corrected chi connectivity index (χ3v) is 5.51. The third-order valence-electron chi connectivity index (χ3n) is 4.16. The highest BCUT2D eigenvalue weighted by molar-refractivity contribution is 7.88. The number of amides is 1. The maximum Gasteiger partial charge on any atom is 0.245 e. The van der Waals surface area contributed by atoms with Crippen LogP contribution in [0.5, 0.6) is 5.75 Å². The van der Waals surface area contributed by atoms with Gasteiger partial charge in [0.1, 0.15) is 17.6 Å². The van der Waals surface area contributed by atoms with Gasteiger partial charge in [-0.15, -0.1) is 0 Å². The molecular formula is C18H19FN2O4S. The Bertz CT molecular complexity index is 900. The van der Waals surface area contributed by atoms with Crippen LogP contribution in [-0.2, 0) is 20.6 Å². The summed E-state index contributed by atoms with van der Waals surface area (Å²) in [6.07, 6.45) is 0.368. The van der Waals surface area contributed by atoms with Crippen LogP contribution in [0.4, 0.5) is 10.1 Å². The first-order valence-corrected chi connectivity index (χ1v) is 9.73. The maximum absolute atomic E-state index is 13.2. The number of sulfonamides is 1. The number of benzene rings is 2. The SMILES string of the molecule is COc1ccc(N2CCC(NS(=O)(=O)Cc3cccc(F)c3)C2=O)cc1. The van der Waals surface area contributed by atoms with Crippen LogP contribution in [0.3, 0.4) is 0 Å². The van der Waals surface area contributed by atoms with Gasteiger partial charge in [0, 0.05) is 12.2 Å². The van der Waals surface area contributed by atoms with Gasteiger partial charge in [0.2, 0.25) is 15.9 Å². The molecule has 1 aliphatic rings. The molecule has 0 aromatic heterocycles. The van der Waals surface area contributed by atoms with Gasteiger partial charge in [-0.3, -0.25) is 4.79 Å². The van der Waals surface area contributed by atoms with Crippen LogP contribution in [0.25, 0.3) is 0 Å². The molecule has 1 unspecified atom stereocenters. The van der Waals surface area contributed by atoms with Crippen LogP contribution in [-0.4, -0.2) is 34.0 Å². The van der Waals surface area contributed by atoms with E-state index in [-0.39, 0.29) is 11.7 Å². The van der Waals surface area contributed by atoms with E-state index in [2.05, 4.69) is 4.72 Å². The number of nitrogens with zero attached hydrogens (tertiary/aromatic N) is 1. The molecule has 1 atom stereocenters. The van der Waals surface area contributed by atoms with Gasteiger partial charge in [-0.05, 0) is 48.4 Å². The summed E-state index contributed by atoms with van der Waals surface area (Å²) >= 11 is 0. The molecule has 1 aliphatic heterocycles. The molecule has 1 amide bonds. The fraction of sp³-hybridized carbons (Fsp3) is 0.278. The lowest BCUT2D eigenvalue weighted by molar-refractivity contribution is -0.118. The third kappa shape index (κ3) is 4.20. The minimum Gasteiger partial charge on any atom is -0.497 e. The first-order chi connectivity index (χ1) is 12.4. The second-order valence-corrected chi connectivity index (χ2v) is 7.79. The Hall–Kier alpha value is -2.45. The smallest absolute Gasteiger partial charge is 0.245 e. The van der Waals surface area contributed by atoms with Gasteiger partial charge in [-0.1, -0.05) is 12.1 Å². The minimum absolute atomic E-state index is 0.307. The molecular weight excluding hydrogens is 359 g/mol. The average molecular weight is 378 g/mol. The lowest BCUT2D eigenvalue weighted by Crippen LogP contribution is -2.42. The van der Waals surface area contributed by atoms with Crippen LogP contribution in [0.2, 0.25) is 0 Å². The molecule has 1 fully saturated rings. The van der Waals surface area contributed by atoms with Crippen LogP contribution >= 0.6 is 0 Å². The largest absolute Gasteiger partial charge is 0.497 e. The molecule has 2 aromatic rings. The monoisotopic (exact) mass is 378 g/mol. The Morgan fingerprint density at radius 3 is 2.62 bits per heavy atom. The van der Waals surface area contributed by atoms with E-state index in [1.165, 1.54) is 29.2 Å². The van der Waals surface area contributed by atoms with E-state index in [0.29, 0.717) is 30.0 Å². The van der Waals surface area contributed by atoms with E-state index in [1.807, 2.05) is 0 Å². The number of hydrogen-bond acceptors (Lipinski definition) is 4. The number of ether oxygens (including phenoxy) is 1. The molecule has 3 rings (SSSR count). The number of carbonyl (C=O) groups is 1. The van der Waals surface area contributed by atoms with Crippen molar-refractivity contribution in [2.75, 3.05) is 18.6 Å². The predicted molar refractivity (Wildman–Crippen MR) is 95.9 cm³/mol.